The smallest absolute Gasteiger partial charge is 0.191 e. The molecule has 1 aliphatic carbocycles. The Bertz CT molecular complexity index is 450. The normalized spacial score (nSPS) is 16.5. The van der Waals surface area contributed by atoms with E-state index in [0.717, 1.165) is 31.9 Å². The Morgan fingerprint density at radius 1 is 1.18 bits per heavy atom. The predicted octanol–water partition coefficient (Wildman–Crippen LogP) is 3.21. The van der Waals surface area contributed by atoms with E-state index in [1.807, 2.05) is 12.1 Å². The van der Waals surface area contributed by atoms with Gasteiger partial charge in [0.1, 0.15) is 5.75 Å². The Labute approximate surface area is 134 Å². The molecule has 0 spiro atoms. The molecule has 0 amide bonds. The van der Waals surface area contributed by atoms with E-state index in [0.29, 0.717) is 11.8 Å². The summed E-state index contributed by atoms with van der Waals surface area (Å²) in [6.45, 7) is 3.83. The van der Waals surface area contributed by atoms with E-state index in [-0.39, 0.29) is 0 Å². The quantitative estimate of drug-likeness (QED) is 0.430. The van der Waals surface area contributed by atoms with Gasteiger partial charge in [-0.3, -0.25) is 4.99 Å². The minimum Gasteiger partial charge on any atom is -0.508 e. The first-order valence-electron chi connectivity index (χ1n) is 8.60. The van der Waals surface area contributed by atoms with Gasteiger partial charge in [0, 0.05) is 19.1 Å². The van der Waals surface area contributed by atoms with Gasteiger partial charge in [-0.25, -0.2) is 0 Å². The van der Waals surface area contributed by atoms with Gasteiger partial charge in [0.05, 0.1) is 0 Å². The largest absolute Gasteiger partial charge is 0.508 e. The van der Waals surface area contributed by atoms with Gasteiger partial charge in [-0.05, 0) is 50.3 Å². The fourth-order valence-corrected chi connectivity index (χ4v) is 2.90. The summed E-state index contributed by atoms with van der Waals surface area (Å²) in [5, 5.41) is 16.2. The van der Waals surface area contributed by atoms with Gasteiger partial charge in [0.25, 0.3) is 0 Å². The zero-order valence-corrected chi connectivity index (χ0v) is 13.6. The molecular formula is C18H29N3O. The molecule has 1 fully saturated rings. The number of benzene rings is 1. The second kappa shape index (κ2) is 9.34. The molecule has 4 heteroatoms. The molecule has 1 aromatic carbocycles. The molecule has 1 saturated carbocycles. The van der Waals surface area contributed by atoms with Crippen molar-refractivity contribution in [1.29, 1.82) is 0 Å². The zero-order valence-electron chi connectivity index (χ0n) is 13.6. The van der Waals surface area contributed by atoms with Crippen molar-refractivity contribution >= 4 is 5.96 Å². The van der Waals surface area contributed by atoms with E-state index in [1.165, 1.54) is 37.7 Å². The van der Waals surface area contributed by atoms with E-state index in [1.54, 1.807) is 12.1 Å². The van der Waals surface area contributed by atoms with E-state index in [4.69, 9.17) is 0 Å². The van der Waals surface area contributed by atoms with Crippen molar-refractivity contribution in [2.75, 3.05) is 13.1 Å². The molecule has 2 rings (SSSR count). The van der Waals surface area contributed by atoms with Crippen LogP contribution in [0.15, 0.2) is 29.3 Å². The highest BCUT2D eigenvalue weighted by molar-refractivity contribution is 5.80. The fraction of sp³-hybridized carbons (Fsp3) is 0.611. The van der Waals surface area contributed by atoms with Crippen LogP contribution in [0.3, 0.4) is 0 Å². The lowest BCUT2D eigenvalue weighted by Gasteiger charge is -2.24. The molecule has 122 valence electrons. The number of hydrogen-bond acceptors (Lipinski definition) is 2. The van der Waals surface area contributed by atoms with Gasteiger partial charge >= 0.3 is 0 Å². The van der Waals surface area contributed by atoms with Gasteiger partial charge < -0.3 is 15.7 Å². The van der Waals surface area contributed by atoms with E-state index in [2.05, 4.69) is 22.5 Å². The van der Waals surface area contributed by atoms with Crippen LogP contribution in [0.1, 0.15) is 51.0 Å². The van der Waals surface area contributed by atoms with Crippen molar-refractivity contribution < 1.29 is 5.11 Å². The van der Waals surface area contributed by atoms with E-state index < -0.39 is 0 Å². The Balaban J connectivity index is 1.75. The molecule has 0 radical (unpaired) electrons. The maximum atomic E-state index is 9.28. The van der Waals surface area contributed by atoms with Crippen LogP contribution in [-0.2, 0) is 6.42 Å². The topological polar surface area (TPSA) is 56.7 Å². The maximum absolute atomic E-state index is 9.28. The van der Waals surface area contributed by atoms with Crippen molar-refractivity contribution in [3.8, 4) is 5.75 Å². The van der Waals surface area contributed by atoms with Crippen LogP contribution in [0, 0.1) is 0 Å². The van der Waals surface area contributed by atoms with Crippen LogP contribution in [0.4, 0.5) is 0 Å². The molecule has 1 aromatic rings. The third kappa shape index (κ3) is 5.96. The molecule has 22 heavy (non-hydrogen) atoms. The zero-order chi connectivity index (χ0) is 15.6. The van der Waals surface area contributed by atoms with E-state index in [9.17, 15) is 5.11 Å². The van der Waals surface area contributed by atoms with Crippen LogP contribution in [0.5, 0.6) is 5.75 Å². The molecule has 0 saturated heterocycles. The van der Waals surface area contributed by atoms with Crippen molar-refractivity contribution in [2.24, 2.45) is 4.99 Å². The molecule has 0 atom stereocenters. The number of nitrogens with zero attached hydrogens (tertiary/aromatic N) is 1. The summed E-state index contributed by atoms with van der Waals surface area (Å²) < 4.78 is 0. The minimum atomic E-state index is 0.327. The maximum Gasteiger partial charge on any atom is 0.191 e. The molecule has 0 aromatic heterocycles. The Morgan fingerprint density at radius 2 is 1.91 bits per heavy atom. The first kappa shape index (κ1) is 16.7. The molecule has 0 bridgehead atoms. The van der Waals surface area contributed by atoms with Gasteiger partial charge in [-0.1, -0.05) is 31.4 Å². The molecule has 4 nitrogen and oxygen atoms in total. The average molecular weight is 303 g/mol. The summed E-state index contributed by atoms with van der Waals surface area (Å²) in [5.41, 5.74) is 1.25. The molecule has 3 N–H and O–H groups in total. The lowest BCUT2D eigenvalue weighted by Crippen LogP contribution is -2.44. The monoisotopic (exact) mass is 303 g/mol. The third-order valence-corrected chi connectivity index (χ3v) is 4.12. The van der Waals surface area contributed by atoms with Crippen molar-refractivity contribution in [2.45, 2.75) is 57.9 Å². The van der Waals surface area contributed by atoms with Crippen LogP contribution >= 0.6 is 0 Å². The van der Waals surface area contributed by atoms with Crippen molar-refractivity contribution in [3.05, 3.63) is 29.8 Å². The second-order valence-corrected chi connectivity index (χ2v) is 6.01. The number of rotatable bonds is 6. The summed E-state index contributed by atoms with van der Waals surface area (Å²) in [4.78, 5) is 4.69. The number of aryl methyl sites for hydroxylation is 1. The Kier molecular flexibility index (Phi) is 7.07. The van der Waals surface area contributed by atoms with Crippen LogP contribution in [0.25, 0.3) is 0 Å². The number of nitrogens with one attached hydrogen (secondary N) is 2. The first-order valence-corrected chi connectivity index (χ1v) is 8.60. The lowest BCUT2D eigenvalue weighted by atomic mass is 9.96. The van der Waals surface area contributed by atoms with Gasteiger partial charge in [-0.2, -0.15) is 0 Å². The summed E-state index contributed by atoms with van der Waals surface area (Å²) in [7, 11) is 0. The summed E-state index contributed by atoms with van der Waals surface area (Å²) in [6, 6.07) is 8.03. The number of phenolic OH excluding ortho intramolecular Hbond substituents is 1. The van der Waals surface area contributed by atoms with Crippen molar-refractivity contribution in [1.82, 2.24) is 10.6 Å². The lowest BCUT2D eigenvalue weighted by molar-refractivity contribution is 0.410. The summed E-state index contributed by atoms with van der Waals surface area (Å²) in [5.74, 6) is 1.29. The molecule has 0 aliphatic heterocycles. The highest BCUT2D eigenvalue weighted by atomic mass is 16.3. The van der Waals surface area contributed by atoms with Gasteiger partial charge in [0.15, 0.2) is 5.96 Å². The van der Waals surface area contributed by atoms with Crippen LogP contribution in [0.2, 0.25) is 0 Å². The highest BCUT2D eigenvalue weighted by Crippen LogP contribution is 2.17. The summed E-state index contributed by atoms with van der Waals surface area (Å²) in [6.07, 6.45) is 8.57. The SMILES string of the molecule is CCNC(=NCCCc1ccc(O)cc1)NC1CCCCC1. The molecule has 1 aliphatic rings. The molecular weight excluding hydrogens is 274 g/mol. The van der Waals surface area contributed by atoms with Gasteiger partial charge in [0.2, 0.25) is 0 Å². The first-order chi connectivity index (χ1) is 10.8. The summed E-state index contributed by atoms with van der Waals surface area (Å²) >= 11 is 0. The van der Waals surface area contributed by atoms with Crippen molar-refractivity contribution in [3.63, 3.8) is 0 Å². The van der Waals surface area contributed by atoms with Crippen LogP contribution in [-0.4, -0.2) is 30.2 Å². The number of guanidine groups is 1. The fourth-order valence-electron chi connectivity index (χ4n) is 2.90. The highest BCUT2D eigenvalue weighted by Gasteiger charge is 2.14. The molecule has 0 unspecified atom stereocenters. The van der Waals surface area contributed by atoms with Gasteiger partial charge in [-0.15, -0.1) is 0 Å². The van der Waals surface area contributed by atoms with Crippen LogP contribution < -0.4 is 10.6 Å². The predicted molar refractivity (Wildman–Crippen MR) is 92.4 cm³/mol. The Morgan fingerprint density at radius 3 is 2.59 bits per heavy atom. The molecule has 0 heterocycles. The standard InChI is InChI=1S/C18H29N3O/c1-2-19-18(21-16-8-4-3-5-9-16)20-14-6-7-15-10-12-17(22)13-11-15/h10-13,16,22H,2-9,14H2,1H3,(H2,19,20,21). The Hall–Kier alpha value is -1.71. The average Bonchev–Trinajstić information content (AvgIpc) is 2.54. The minimum absolute atomic E-state index is 0.327. The second-order valence-electron chi connectivity index (χ2n) is 6.01. The van der Waals surface area contributed by atoms with E-state index >= 15 is 0 Å². The third-order valence-electron chi connectivity index (χ3n) is 4.12. The number of aromatic hydroxyl groups is 1. The number of hydrogen-bond donors (Lipinski definition) is 3. The number of phenols is 1. The number of aliphatic imine (C=N–C) groups is 1.